The highest BCUT2D eigenvalue weighted by Gasteiger charge is 2.27. The normalized spacial score (nSPS) is 16.6. The first-order valence-electron chi connectivity index (χ1n) is 8.31. The summed E-state index contributed by atoms with van der Waals surface area (Å²) in [5.74, 6) is -0.169. The molecule has 1 aromatic carbocycles. The second kappa shape index (κ2) is 6.07. The van der Waals surface area contributed by atoms with E-state index in [-0.39, 0.29) is 18.5 Å². The molecule has 7 nitrogen and oxygen atoms in total. The number of nitrogens with one attached hydrogen (secondary N) is 1. The first-order valence-corrected chi connectivity index (χ1v) is 8.31. The molecule has 1 aliphatic heterocycles. The van der Waals surface area contributed by atoms with Gasteiger partial charge in [0.2, 0.25) is 5.91 Å². The molecule has 124 valence electrons. The van der Waals surface area contributed by atoms with Gasteiger partial charge in [0.1, 0.15) is 5.69 Å². The van der Waals surface area contributed by atoms with Crippen LogP contribution in [0.5, 0.6) is 0 Å². The molecule has 0 spiro atoms. The van der Waals surface area contributed by atoms with Crippen molar-refractivity contribution >= 4 is 11.9 Å². The topological polar surface area (TPSA) is 80.1 Å². The summed E-state index contributed by atoms with van der Waals surface area (Å²) >= 11 is 0. The van der Waals surface area contributed by atoms with Crippen LogP contribution in [0.4, 0.5) is 4.79 Å². The number of urea groups is 1. The van der Waals surface area contributed by atoms with Gasteiger partial charge in [-0.15, -0.1) is 5.10 Å². The van der Waals surface area contributed by atoms with E-state index in [1.54, 1.807) is 4.68 Å². The number of hydrogen-bond donors (Lipinski definition) is 1. The number of nitrogens with zero attached hydrogens (tertiary/aromatic N) is 4. The van der Waals surface area contributed by atoms with Crippen LogP contribution < -0.4 is 5.32 Å². The number of aromatic nitrogens is 3. The second-order valence-corrected chi connectivity index (χ2v) is 6.26. The lowest BCUT2D eigenvalue weighted by Gasteiger charge is -2.11. The minimum absolute atomic E-state index is 0.102. The van der Waals surface area contributed by atoms with Crippen LogP contribution in [0.2, 0.25) is 0 Å². The van der Waals surface area contributed by atoms with E-state index in [0.717, 1.165) is 17.7 Å². The first kappa shape index (κ1) is 14.9. The van der Waals surface area contributed by atoms with Crippen molar-refractivity contribution in [2.45, 2.75) is 32.2 Å². The summed E-state index contributed by atoms with van der Waals surface area (Å²) < 4.78 is 1.76. The predicted octanol–water partition coefficient (Wildman–Crippen LogP) is 1.38. The van der Waals surface area contributed by atoms with Crippen LogP contribution in [0.3, 0.4) is 0 Å². The Bertz CT molecular complexity index is 782. The zero-order valence-corrected chi connectivity index (χ0v) is 13.4. The van der Waals surface area contributed by atoms with E-state index in [9.17, 15) is 9.59 Å². The summed E-state index contributed by atoms with van der Waals surface area (Å²) in [6, 6.07) is 6.20. The molecule has 1 aliphatic carbocycles. The molecule has 0 bridgehead atoms. The van der Waals surface area contributed by atoms with Crippen LogP contribution >= 0.6 is 0 Å². The van der Waals surface area contributed by atoms with Crippen molar-refractivity contribution in [1.29, 1.82) is 0 Å². The highest BCUT2D eigenvalue weighted by molar-refractivity contribution is 6.01. The average Bonchev–Trinajstić information content (AvgIpc) is 3.30. The third-order valence-electron chi connectivity index (χ3n) is 4.64. The van der Waals surface area contributed by atoms with Crippen molar-refractivity contribution in [3.63, 3.8) is 0 Å². The highest BCUT2D eigenvalue weighted by atomic mass is 16.2. The average molecular weight is 325 g/mol. The molecule has 1 saturated heterocycles. The Labute approximate surface area is 139 Å². The van der Waals surface area contributed by atoms with Crippen molar-refractivity contribution in [1.82, 2.24) is 25.2 Å². The molecule has 0 saturated carbocycles. The molecule has 0 atom stereocenters. The summed E-state index contributed by atoms with van der Waals surface area (Å²) in [4.78, 5) is 24.2. The largest absolute Gasteiger partial charge is 0.329 e. The molecule has 1 aromatic heterocycles. The molecule has 1 fully saturated rings. The molecule has 7 heteroatoms. The van der Waals surface area contributed by atoms with Crippen molar-refractivity contribution in [2.75, 3.05) is 13.1 Å². The monoisotopic (exact) mass is 325 g/mol. The number of imide groups is 1. The van der Waals surface area contributed by atoms with Gasteiger partial charge < -0.3 is 5.32 Å². The Morgan fingerprint density at radius 2 is 2.00 bits per heavy atom. The van der Waals surface area contributed by atoms with Gasteiger partial charge in [-0.1, -0.05) is 17.3 Å². The number of hydrogen-bond acceptors (Lipinski definition) is 4. The molecule has 1 N–H and O–H groups in total. The van der Waals surface area contributed by atoms with Crippen LogP contribution in [-0.4, -0.2) is 44.9 Å². The summed E-state index contributed by atoms with van der Waals surface area (Å²) in [5.41, 5.74) is 4.82. The summed E-state index contributed by atoms with van der Waals surface area (Å²) in [6.45, 7) is 1.12. The van der Waals surface area contributed by atoms with E-state index in [0.29, 0.717) is 19.5 Å². The fraction of sp³-hybridized carbons (Fsp3) is 0.412. The number of aryl methyl sites for hydroxylation is 3. The molecule has 2 heterocycles. The molecule has 0 radical (unpaired) electrons. The molecular formula is C17H19N5O2. The van der Waals surface area contributed by atoms with E-state index in [1.807, 2.05) is 6.20 Å². The van der Waals surface area contributed by atoms with Crippen molar-refractivity contribution in [3.8, 4) is 11.3 Å². The van der Waals surface area contributed by atoms with Gasteiger partial charge in [0.25, 0.3) is 0 Å². The lowest BCUT2D eigenvalue weighted by molar-refractivity contribution is -0.125. The summed E-state index contributed by atoms with van der Waals surface area (Å²) in [7, 11) is 0. The van der Waals surface area contributed by atoms with Gasteiger partial charge in [0.15, 0.2) is 0 Å². The number of amides is 3. The van der Waals surface area contributed by atoms with Crippen LogP contribution in [-0.2, 0) is 24.2 Å². The Morgan fingerprint density at radius 1 is 1.12 bits per heavy atom. The Balaban J connectivity index is 1.38. The summed E-state index contributed by atoms with van der Waals surface area (Å²) in [5, 5.41) is 10.9. The zero-order valence-electron chi connectivity index (χ0n) is 13.4. The first-order chi connectivity index (χ1) is 11.7. The number of carbonyl (C=O) groups is 2. The molecule has 3 amide bonds. The third kappa shape index (κ3) is 2.77. The maximum atomic E-state index is 11.5. The van der Waals surface area contributed by atoms with Gasteiger partial charge in [0, 0.05) is 18.7 Å². The minimum atomic E-state index is -0.308. The van der Waals surface area contributed by atoms with E-state index in [4.69, 9.17) is 0 Å². The Morgan fingerprint density at radius 3 is 2.83 bits per heavy atom. The van der Waals surface area contributed by atoms with Crippen LogP contribution in [0.15, 0.2) is 24.4 Å². The van der Waals surface area contributed by atoms with Crippen molar-refractivity contribution < 1.29 is 9.59 Å². The van der Waals surface area contributed by atoms with Crippen molar-refractivity contribution in [3.05, 3.63) is 35.5 Å². The van der Waals surface area contributed by atoms with Gasteiger partial charge in [-0.3, -0.25) is 14.4 Å². The quantitative estimate of drug-likeness (QED) is 0.842. The predicted molar refractivity (Wildman–Crippen MR) is 87.2 cm³/mol. The molecule has 4 rings (SSSR count). The molecule has 2 aromatic rings. The van der Waals surface area contributed by atoms with Gasteiger partial charge >= 0.3 is 6.03 Å². The maximum absolute atomic E-state index is 11.5. The van der Waals surface area contributed by atoms with Gasteiger partial charge in [-0.2, -0.15) is 0 Å². The fourth-order valence-electron chi connectivity index (χ4n) is 3.34. The minimum Gasteiger partial charge on any atom is -0.329 e. The summed E-state index contributed by atoms with van der Waals surface area (Å²) in [6.07, 6.45) is 6.12. The lowest BCUT2D eigenvalue weighted by Crippen LogP contribution is -2.32. The number of benzene rings is 1. The second-order valence-electron chi connectivity index (χ2n) is 6.26. The maximum Gasteiger partial charge on any atom is 0.324 e. The van der Waals surface area contributed by atoms with Gasteiger partial charge in [-0.25, -0.2) is 4.79 Å². The van der Waals surface area contributed by atoms with Gasteiger partial charge in [-0.05, 0) is 42.9 Å². The third-order valence-corrected chi connectivity index (χ3v) is 4.64. The SMILES string of the molecule is O=C1CNC(=O)N1CCCn1cc(-c2ccc3c(c2)CCC3)nn1. The number of fused-ring (bicyclic) bond motifs is 1. The molecule has 0 unspecified atom stereocenters. The van der Waals surface area contributed by atoms with Crippen LogP contribution in [0.25, 0.3) is 11.3 Å². The zero-order chi connectivity index (χ0) is 16.5. The van der Waals surface area contributed by atoms with E-state index in [2.05, 4.69) is 33.8 Å². The van der Waals surface area contributed by atoms with E-state index in [1.165, 1.54) is 28.9 Å². The number of rotatable bonds is 5. The van der Waals surface area contributed by atoms with Crippen LogP contribution in [0, 0.1) is 0 Å². The van der Waals surface area contributed by atoms with Crippen LogP contribution in [0.1, 0.15) is 24.0 Å². The van der Waals surface area contributed by atoms with E-state index >= 15 is 0 Å². The Hall–Kier alpha value is -2.70. The molecular weight excluding hydrogens is 306 g/mol. The smallest absolute Gasteiger partial charge is 0.324 e. The fourth-order valence-corrected chi connectivity index (χ4v) is 3.34. The number of carbonyl (C=O) groups excluding carboxylic acids is 2. The van der Waals surface area contributed by atoms with Crippen molar-refractivity contribution in [2.24, 2.45) is 0 Å². The molecule has 24 heavy (non-hydrogen) atoms. The lowest BCUT2D eigenvalue weighted by atomic mass is 10.0. The standard InChI is InChI=1S/C17H19N5O2/c23-16-10-18-17(24)22(16)8-2-7-21-11-15(19-20-21)14-6-5-12-3-1-4-13(12)9-14/h5-6,9,11H,1-4,7-8,10H2,(H,18,24). The molecule has 2 aliphatic rings. The highest BCUT2D eigenvalue weighted by Crippen LogP contribution is 2.26. The Kier molecular flexibility index (Phi) is 3.76. The van der Waals surface area contributed by atoms with Gasteiger partial charge in [0.05, 0.1) is 12.7 Å². The van der Waals surface area contributed by atoms with E-state index < -0.39 is 0 Å².